The minimum atomic E-state index is 0.000638. The molecule has 2 unspecified atom stereocenters. The van der Waals surface area contributed by atoms with Gasteiger partial charge in [0.25, 0.3) is 0 Å². The Labute approximate surface area is 205 Å². The molecule has 1 aromatic rings. The second kappa shape index (κ2) is 13.1. The molecule has 0 N–H and O–H groups in total. The molecule has 2 heteroatoms. The van der Waals surface area contributed by atoms with Crippen LogP contribution in [0.3, 0.4) is 0 Å². The first-order valence-electron chi connectivity index (χ1n) is 14.5. The van der Waals surface area contributed by atoms with Crippen molar-refractivity contribution >= 4 is 0 Å². The average Bonchev–Trinajstić information content (AvgIpc) is 3.19. The summed E-state index contributed by atoms with van der Waals surface area (Å²) in [4.78, 5) is 0. The highest BCUT2D eigenvalue weighted by Gasteiger charge is 2.37. The first-order chi connectivity index (χ1) is 15.9. The first-order valence-corrected chi connectivity index (χ1v) is 14.5. The molecule has 3 rings (SSSR count). The summed E-state index contributed by atoms with van der Waals surface area (Å²) in [6, 6.07) is 0. The van der Waals surface area contributed by atoms with Crippen LogP contribution in [-0.4, -0.2) is 11.7 Å². The number of fused-ring (bicyclic) bond motifs is 3. The standard InChI is InChI=1S/C31H52O2/c1-6-7-8-9-10-11-12-13-14-15-16-17-18-19-21-31(5)22-20-27-28-23-24(2)32-29(28)25(3)26(4)30(27)33-31/h24H,6-23H2,1-5H3. The van der Waals surface area contributed by atoms with E-state index in [0.717, 1.165) is 25.0 Å². The fourth-order valence-corrected chi connectivity index (χ4v) is 5.93. The van der Waals surface area contributed by atoms with Gasteiger partial charge < -0.3 is 9.47 Å². The Hall–Kier alpha value is -1.18. The van der Waals surface area contributed by atoms with Crippen LogP contribution in [0.5, 0.6) is 11.5 Å². The maximum absolute atomic E-state index is 6.75. The molecule has 0 aliphatic carbocycles. The first kappa shape index (κ1) is 26.4. The highest BCUT2D eigenvalue weighted by Crippen LogP contribution is 2.47. The zero-order valence-electron chi connectivity index (χ0n) is 22.6. The van der Waals surface area contributed by atoms with Gasteiger partial charge in [-0.2, -0.15) is 0 Å². The van der Waals surface area contributed by atoms with Gasteiger partial charge >= 0.3 is 0 Å². The molecule has 0 saturated heterocycles. The predicted molar refractivity (Wildman–Crippen MR) is 142 cm³/mol. The lowest BCUT2D eigenvalue weighted by Crippen LogP contribution is -2.37. The summed E-state index contributed by atoms with van der Waals surface area (Å²) < 4.78 is 12.9. The number of hydrogen-bond donors (Lipinski definition) is 0. The van der Waals surface area contributed by atoms with Crippen molar-refractivity contribution in [3.05, 3.63) is 22.3 Å². The lowest BCUT2D eigenvalue weighted by Gasteiger charge is -2.38. The molecular formula is C31H52O2. The molecule has 1 aromatic carbocycles. The molecule has 0 aromatic heterocycles. The van der Waals surface area contributed by atoms with E-state index in [1.54, 1.807) is 0 Å². The molecule has 0 amide bonds. The maximum atomic E-state index is 6.75. The van der Waals surface area contributed by atoms with Crippen LogP contribution < -0.4 is 9.47 Å². The summed E-state index contributed by atoms with van der Waals surface area (Å²) in [5, 5.41) is 0. The van der Waals surface area contributed by atoms with Crippen molar-refractivity contribution in [3.8, 4) is 11.5 Å². The topological polar surface area (TPSA) is 18.5 Å². The van der Waals surface area contributed by atoms with Crippen molar-refractivity contribution in [3.63, 3.8) is 0 Å². The number of rotatable bonds is 15. The Balaban J connectivity index is 1.30. The lowest BCUT2D eigenvalue weighted by atomic mass is 9.84. The van der Waals surface area contributed by atoms with E-state index >= 15 is 0 Å². The summed E-state index contributed by atoms with van der Waals surface area (Å²) in [6.07, 6.45) is 24.7. The van der Waals surface area contributed by atoms with Gasteiger partial charge in [-0.1, -0.05) is 90.4 Å². The molecule has 2 nitrogen and oxygen atoms in total. The zero-order chi connectivity index (χ0) is 23.7. The van der Waals surface area contributed by atoms with Crippen molar-refractivity contribution < 1.29 is 9.47 Å². The second-order valence-electron chi connectivity index (χ2n) is 11.4. The Morgan fingerprint density at radius 2 is 1.24 bits per heavy atom. The second-order valence-corrected chi connectivity index (χ2v) is 11.4. The van der Waals surface area contributed by atoms with Gasteiger partial charge in [-0.3, -0.25) is 0 Å². The van der Waals surface area contributed by atoms with Gasteiger partial charge in [0.2, 0.25) is 0 Å². The van der Waals surface area contributed by atoms with E-state index in [1.165, 1.54) is 124 Å². The van der Waals surface area contributed by atoms with E-state index < -0.39 is 0 Å². The minimum Gasteiger partial charge on any atom is -0.490 e. The molecule has 2 aliphatic heterocycles. The molecule has 2 atom stereocenters. The van der Waals surface area contributed by atoms with Crippen molar-refractivity contribution in [2.45, 2.75) is 162 Å². The SMILES string of the molecule is CCCCCCCCCCCCCCCCC1(C)CCc2c3c(c(C)c(C)c2O1)OC(C)C3. The highest BCUT2D eigenvalue weighted by molar-refractivity contribution is 5.61. The summed E-state index contributed by atoms with van der Waals surface area (Å²) in [5.41, 5.74) is 5.45. The third-order valence-electron chi connectivity index (χ3n) is 8.28. The van der Waals surface area contributed by atoms with Crippen LogP contribution in [0, 0.1) is 13.8 Å². The predicted octanol–water partition coefficient (Wildman–Crippen LogP) is 9.58. The summed E-state index contributed by atoms with van der Waals surface area (Å²) in [7, 11) is 0. The minimum absolute atomic E-state index is 0.000638. The molecule has 188 valence electrons. The smallest absolute Gasteiger partial charge is 0.127 e. The Morgan fingerprint density at radius 1 is 0.727 bits per heavy atom. The van der Waals surface area contributed by atoms with Crippen LogP contribution >= 0.6 is 0 Å². The van der Waals surface area contributed by atoms with Crippen molar-refractivity contribution in [1.29, 1.82) is 0 Å². The largest absolute Gasteiger partial charge is 0.490 e. The molecule has 0 radical (unpaired) electrons. The van der Waals surface area contributed by atoms with Crippen molar-refractivity contribution in [1.82, 2.24) is 0 Å². The third-order valence-corrected chi connectivity index (χ3v) is 8.28. The van der Waals surface area contributed by atoms with Gasteiger partial charge in [0.05, 0.1) is 0 Å². The van der Waals surface area contributed by atoms with Gasteiger partial charge in [0.15, 0.2) is 0 Å². The molecule has 0 spiro atoms. The molecule has 2 aliphatic rings. The van der Waals surface area contributed by atoms with E-state index in [1.807, 2.05) is 0 Å². The number of benzene rings is 1. The van der Waals surface area contributed by atoms with Crippen LogP contribution in [0.25, 0.3) is 0 Å². The van der Waals surface area contributed by atoms with E-state index in [-0.39, 0.29) is 5.60 Å². The third kappa shape index (κ3) is 7.40. The van der Waals surface area contributed by atoms with E-state index in [2.05, 4.69) is 34.6 Å². The fraction of sp³-hybridized carbons (Fsp3) is 0.806. The monoisotopic (exact) mass is 456 g/mol. The van der Waals surface area contributed by atoms with Crippen LogP contribution in [0.1, 0.15) is 146 Å². The van der Waals surface area contributed by atoms with Crippen molar-refractivity contribution in [2.75, 3.05) is 0 Å². The van der Waals surface area contributed by atoms with Crippen molar-refractivity contribution in [2.24, 2.45) is 0 Å². The van der Waals surface area contributed by atoms with Crippen LogP contribution in [-0.2, 0) is 12.8 Å². The Kier molecular flexibility index (Phi) is 10.5. The van der Waals surface area contributed by atoms with Gasteiger partial charge in [-0.05, 0) is 64.5 Å². The van der Waals surface area contributed by atoms with E-state index in [9.17, 15) is 0 Å². The van der Waals surface area contributed by atoms with Crippen LogP contribution in [0.15, 0.2) is 0 Å². The summed E-state index contributed by atoms with van der Waals surface area (Å²) >= 11 is 0. The molecule has 0 saturated carbocycles. The van der Waals surface area contributed by atoms with Gasteiger partial charge in [0, 0.05) is 17.5 Å². The number of hydrogen-bond acceptors (Lipinski definition) is 2. The summed E-state index contributed by atoms with van der Waals surface area (Å²) in [6.45, 7) is 11.3. The van der Waals surface area contributed by atoms with E-state index in [4.69, 9.17) is 9.47 Å². The number of ether oxygens (including phenoxy) is 2. The highest BCUT2D eigenvalue weighted by atomic mass is 16.5. The number of unbranched alkanes of at least 4 members (excludes halogenated alkanes) is 13. The molecule has 0 fully saturated rings. The maximum Gasteiger partial charge on any atom is 0.127 e. The fourth-order valence-electron chi connectivity index (χ4n) is 5.93. The van der Waals surface area contributed by atoms with Crippen LogP contribution in [0.2, 0.25) is 0 Å². The lowest BCUT2D eigenvalue weighted by molar-refractivity contribution is 0.0523. The Morgan fingerprint density at radius 3 is 1.82 bits per heavy atom. The normalized spacial score (nSPS) is 21.4. The molecule has 2 heterocycles. The molecule has 33 heavy (non-hydrogen) atoms. The zero-order valence-corrected chi connectivity index (χ0v) is 22.6. The molecular weight excluding hydrogens is 404 g/mol. The van der Waals surface area contributed by atoms with Crippen LogP contribution in [0.4, 0.5) is 0 Å². The summed E-state index contributed by atoms with van der Waals surface area (Å²) in [5.74, 6) is 2.33. The average molecular weight is 457 g/mol. The molecule has 0 bridgehead atoms. The Bertz CT molecular complexity index is 737. The van der Waals surface area contributed by atoms with Gasteiger partial charge in [-0.15, -0.1) is 0 Å². The quantitative estimate of drug-likeness (QED) is 0.245. The van der Waals surface area contributed by atoms with E-state index in [0.29, 0.717) is 6.10 Å². The van der Waals surface area contributed by atoms with Gasteiger partial charge in [-0.25, -0.2) is 0 Å². The van der Waals surface area contributed by atoms with Gasteiger partial charge in [0.1, 0.15) is 23.2 Å².